The van der Waals surface area contributed by atoms with Crippen molar-refractivity contribution in [2.75, 3.05) is 19.7 Å². The first-order valence-corrected chi connectivity index (χ1v) is 11.0. The van der Waals surface area contributed by atoms with Gasteiger partial charge in [0.2, 0.25) is 5.79 Å². The van der Waals surface area contributed by atoms with Crippen LogP contribution in [0.1, 0.15) is 36.2 Å². The molecule has 0 unspecified atom stereocenters. The molecule has 1 aromatic rings. The molecule has 33 heavy (non-hydrogen) atoms. The number of aliphatic imine (C=N–C) groups is 1. The van der Waals surface area contributed by atoms with Crippen LogP contribution in [0.3, 0.4) is 0 Å². The summed E-state index contributed by atoms with van der Waals surface area (Å²) in [5, 5.41) is 28.6. The van der Waals surface area contributed by atoms with E-state index in [1.807, 2.05) is 6.07 Å². The SMILES string of the molecule is CC1(C)CCOc2c(C(=O)N[C@H]3CN4C(N)=N[C@@H](CN)[C@@H]5[NH+]=C(N)N[C@@]54C3(O)O)cccc21. The summed E-state index contributed by atoms with van der Waals surface area (Å²) in [5.74, 6) is -2.21. The van der Waals surface area contributed by atoms with Crippen LogP contribution in [0.15, 0.2) is 23.2 Å². The van der Waals surface area contributed by atoms with Gasteiger partial charge in [-0.1, -0.05) is 26.0 Å². The molecule has 1 spiro atoms. The van der Waals surface area contributed by atoms with E-state index in [1.165, 1.54) is 4.90 Å². The van der Waals surface area contributed by atoms with Crippen LogP contribution in [0.4, 0.5) is 0 Å². The zero-order valence-corrected chi connectivity index (χ0v) is 18.6. The van der Waals surface area contributed by atoms with Crippen molar-refractivity contribution in [3.05, 3.63) is 29.3 Å². The minimum absolute atomic E-state index is 0.00873. The van der Waals surface area contributed by atoms with Gasteiger partial charge in [-0.15, -0.1) is 0 Å². The Balaban J connectivity index is 1.49. The van der Waals surface area contributed by atoms with Crippen molar-refractivity contribution >= 4 is 17.8 Å². The maximum atomic E-state index is 13.4. The predicted molar refractivity (Wildman–Crippen MR) is 119 cm³/mol. The highest BCUT2D eigenvalue weighted by molar-refractivity contribution is 5.98. The topological polar surface area (TPSA) is 198 Å². The zero-order valence-electron chi connectivity index (χ0n) is 18.6. The zero-order chi connectivity index (χ0) is 23.8. The number of rotatable bonds is 3. The van der Waals surface area contributed by atoms with Gasteiger partial charge in [0.25, 0.3) is 11.6 Å². The van der Waals surface area contributed by atoms with E-state index in [-0.39, 0.29) is 30.4 Å². The summed E-state index contributed by atoms with van der Waals surface area (Å²) in [4.78, 5) is 22.3. The second-order valence-corrected chi connectivity index (χ2v) is 9.74. The summed E-state index contributed by atoms with van der Waals surface area (Å²) in [6, 6.07) is 3.06. The lowest BCUT2D eigenvalue weighted by Crippen LogP contribution is -2.90. The molecule has 1 saturated heterocycles. The van der Waals surface area contributed by atoms with E-state index >= 15 is 0 Å². The molecule has 11 N–H and O–H groups in total. The van der Waals surface area contributed by atoms with Crippen molar-refractivity contribution in [3.8, 4) is 5.75 Å². The highest BCUT2D eigenvalue weighted by Gasteiger charge is 2.76. The van der Waals surface area contributed by atoms with Crippen LogP contribution in [0, 0.1) is 0 Å². The third-order valence-corrected chi connectivity index (χ3v) is 7.39. The number of carbonyl (C=O) groups excluding carboxylic acids is 1. The van der Waals surface area contributed by atoms with Crippen LogP contribution in [0.2, 0.25) is 0 Å². The number of guanidine groups is 2. The van der Waals surface area contributed by atoms with E-state index in [0.717, 1.165) is 12.0 Å². The summed E-state index contributed by atoms with van der Waals surface area (Å²) in [6.07, 6.45) is 0.834. The number of nitrogens with zero attached hydrogens (tertiary/aromatic N) is 2. The number of amides is 1. The molecule has 0 aliphatic carbocycles. The van der Waals surface area contributed by atoms with Gasteiger partial charge in [-0.05, 0) is 17.9 Å². The molecule has 1 fully saturated rings. The molecule has 4 atom stereocenters. The third kappa shape index (κ3) is 2.84. The molecular weight excluding hydrogens is 428 g/mol. The minimum atomic E-state index is -2.47. The minimum Gasteiger partial charge on any atom is -0.492 e. The first-order valence-electron chi connectivity index (χ1n) is 11.0. The van der Waals surface area contributed by atoms with E-state index in [0.29, 0.717) is 17.9 Å². The van der Waals surface area contributed by atoms with Crippen LogP contribution >= 0.6 is 0 Å². The van der Waals surface area contributed by atoms with Crippen molar-refractivity contribution in [2.45, 2.75) is 55.3 Å². The number of nitrogens with two attached hydrogens (primary N) is 3. The second-order valence-electron chi connectivity index (χ2n) is 9.74. The smallest absolute Gasteiger partial charge is 0.343 e. The fraction of sp³-hybridized carbons (Fsp3) is 0.571. The molecule has 5 rings (SSSR count). The average Bonchev–Trinajstić information content (AvgIpc) is 3.22. The van der Waals surface area contributed by atoms with Crippen molar-refractivity contribution < 1.29 is 24.7 Å². The highest BCUT2D eigenvalue weighted by atomic mass is 16.5. The standard InChI is InChI=1S/C21H30N8O4/c1-19(2)6-7-33-14-10(4-3-5-11(14)19)16(30)26-13-9-29-18(24)25-12(8-22)15-20(29,21(13,31)32)28-17(23)27-15/h3-5,12-13,15,31-32H,6-9,22H2,1-2H3,(H2,24,25)(H,26,30)(H3,23,27,28)/p+1/t12-,13-,15-,20-/m0/s1. The summed E-state index contributed by atoms with van der Waals surface area (Å²) < 4.78 is 5.86. The molecule has 12 heteroatoms. The van der Waals surface area contributed by atoms with Crippen LogP contribution in [-0.4, -0.2) is 82.2 Å². The Bertz CT molecular complexity index is 1070. The molecule has 0 radical (unpaired) electrons. The lowest BCUT2D eigenvalue weighted by molar-refractivity contribution is -0.521. The number of para-hydroxylation sites is 1. The van der Waals surface area contributed by atoms with Crippen molar-refractivity contribution in [3.63, 3.8) is 0 Å². The summed E-state index contributed by atoms with van der Waals surface area (Å²) in [5.41, 5.74) is 17.6. The highest BCUT2D eigenvalue weighted by Crippen LogP contribution is 2.42. The third-order valence-electron chi connectivity index (χ3n) is 7.39. The number of hydrogen-bond donors (Lipinski definition) is 8. The van der Waals surface area contributed by atoms with Crippen molar-refractivity contribution in [1.82, 2.24) is 15.5 Å². The van der Waals surface area contributed by atoms with E-state index in [4.69, 9.17) is 21.9 Å². The Morgan fingerprint density at radius 3 is 2.88 bits per heavy atom. The molecule has 0 bridgehead atoms. The Labute approximate surface area is 190 Å². The predicted octanol–water partition coefficient (Wildman–Crippen LogP) is -4.44. The average molecular weight is 460 g/mol. The molecular formula is C21H31N8O4+. The molecule has 12 nitrogen and oxygen atoms in total. The van der Waals surface area contributed by atoms with Gasteiger partial charge in [0, 0.05) is 12.1 Å². The first-order chi connectivity index (χ1) is 15.5. The van der Waals surface area contributed by atoms with E-state index in [9.17, 15) is 15.0 Å². The molecule has 1 aromatic carbocycles. The van der Waals surface area contributed by atoms with Gasteiger partial charge in [0.05, 0.1) is 18.7 Å². The van der Waals surface area contributed by atoms with Crippen LogP contribution < -0.4 is 37.6 Å². The van der Waals surface area contributed by atoms with Crippen molar-refractivity contribution in [1.29, 1.82) is 0 Å². The molecule has 4 aliphatic rings. The Morgan fingerprint density at radius 2 is 2.15 bits per heavy atom. The number of hydrogen-bond acceptors (Lipinski definition) is 10. The Kier molecular flexibility index (Phi) is 4.58. The van der Waals surface area contributed by atoms with Crippen molar-refractivity contribution in [2.24, 2.45) is 22.2 Å². The maximum Gasteiger partial charge on any atom is 0.343 e. The van der Waals surface area contributed by atoms with Gasteiger partial charge in [0.15, 0.2) is 12.0 Å². The van der Waals surface area contributed by atoms with Crippen LogP contribution in [-0.2, 0) is 5.41 Å². The maximum absolute atomic E-state index is 13.4. The lowest BCUT2D eigenvalue weighted by atomic mass is 9.79. The van der Waals surface area contributed by atoms with Crippen LogP contribution in [0.25, 0.3) is 0 Å². The summed E-state index contributed by atoms with van der Waals surface area (Å²) in [7, 11) is 0. The number of benzene rings is 1. The quantitative estimate of drug-likeness (QED) is 0.205. The van der Waals surface area contributed by atoms with E-state index in [2.05, 4.69) is 34.5 Å². The van der Waals surface area contributed by atoms with Gasteiger partial charge in [-0.3, -0.25) is 20.4 Å². The largest absolute Gasteiger partial charge is 0.492 e. The van der Waals surface area contributed by atoms with Gasteiger partial charge in [-0.2, -0.15) is 0 Å². The Morgan fingerprint density at radius 1 is 1.39 bits per heavy atom. The first kappa shape index (κ1) is 21.7. The molecule has 178 valence electrons. The fourth-order valence-corrected chi connectivity index (χ4v) is 5.55. The number of carbonyl (C=O) groups is 1. The second kappa shape index (κ2) is 6.95. The monoisotopic (exact) mass is 459 g/mol. The van der Waals surface area contributed by atoms with E-state index < -0.39 is 35.5 Å². The molecule has 4 aliphatic heterocycles. The van der Waals surface area contributed by atoms with Gasteiger partial charge in [0.1, 0.15) is 17.8 Å². The lowest BCUT2D eigenvalue weighted by Gasteiger charge is -2.46. The summed E-state index contributed by atoms with van der Waals surface area (Å²) in [6.45, 7) is 4.80. The number of nitrogens with one attached hydrogen (secondary N) is 3. The molecule has 0 saturated carbocycles. The molecule has 0 aromatic heterocycles. The van der Waals surface area contributed by atoms with Gasteiger partial charge < -0.3 is 31.7 Å². The normalized spacial score (nSPS) is 33.0. The van der Waals surface area contributed by atoms with E-state index in [1.54, 1.807) is 12.1 Å². The number of ether oxygens (including phenoxy) is 1. The molecule has 1 amide bonds. The summed E-state index contributed by atoms with van der Waals surface area (Å²) >= 11 is 0. The Hall–Kier alpha value is -3.09. The number of aliphatic hydroxyl groups is 2. The van der Waals surface area contributed by atoms with Gasteiger partial charge in [-0.25, -0.2) is 10.3 Å². The number of fused-ring (bicyclic) bond motifs is 1. The fourth-order valence-electron chi connectivity index (χ4n) is 5.55. The van der Waals surface area contributed by atoms with Gasteiger partial charge >= 0.3 is 5.96 Å². The van der Waals surface area contributed by atoms with Crippen LogP contribution in [0.5, 0.6) is 5.75 Å². The molecule has 4 heterocycles.